The van der Waals surface area contributed by atoms with Gasteiger partial charge in [0.2, 0.25) is 0 Å². The Balaban J connectivity index is 1.70. The van der Waals surface area contributed by atoms with Gasteiger partial charge in [-0.15, -0.1) is 0 Å². The summed E-state index contributed by atoms with van der Waals surface area (Å²) >= 11 is 0. The average molecular weight is 425 g/mol. The predicted octanol–water partition coefficient (Wildman–Crippen LogP) is 1.73. The number of hydrogen-bond donors (Lipinski definition) is 3. The van der Waals surface area contributed by atoms with Gasteiger partial charge in [-0.25, -0.2) is 0 Å². The first-order valence-electron chi connectivity index (χ1n) is 10.5. The fourth-order valence-electron chi connectivity index (χ4n) is 3.95. The molecule has 0 bridgehead atoms. The second-order valence-electron chi connectivity index (χ2n) is 7.87. The number of para-hydroxylation sites is 1. The second-order valence-corrected chi connectivity index (χ2v) is 7.87. The summed E-state index contributed by atoms with van der Waals surface area (Å²) in [6.07, 6.45) is 0.565. The van der Waals surface area contributed by atoms with Gasteiger partial charge in [0.1, 0.15) is 5.75 Å². The zero-order valence-corrected chi connectivity index (χ0v) is 17.7. The third kappa shape index (κ3) is 5.80. The Bertz CT molecular complexity index is 928. The Morgan fingerprint density at radius 3 is 2.52 bits per heavy atom. The van der Waals surface area contributed by atoms with Gasteiger partial charge in [-0.05, 0) is 36.6 Å². The number of fused-ring (bicyclic) bond motifs is 1. The molecular weight excluding hydrogens is 397 g/mol. The molecule has 0 amide bonds. The molecule has 3 N–H and O–H groups in total. The molecule has 164 valence electrons. The topological polar surface area (TPSA) is 107 Å². The average Bonchev–Trinajstić information content (AvgIpc) is 2.74. The summed E-state index contributed by atoms with van der Waals surface area (Å²) in [6, 6.07) is 12.6. The van der Waals surface area contributed by atoms with E-state index in [1.165, 1.54) is 6.92 Å². The lowest BCUT2D eigenvalue weighted by molar-refractivity contribution is 0.0971. The van der Waals surface area contributed by atoms with Crippen LogP contribution in [0.4, 0.5) is 0 Å². The van der Waals surface area contributed by atoms with Gasteiger partial charge >= 0.3 is 7.12 Å². The number of carbonyl (C=O) groups excluding carboxylic acids is 2. The van der Waals surface area contributed by atoms with Crippen LogP contribution < -0.4 is 4.65 Å². The van der Waals surface area contributed by atoms with Crippen LogP contribution in [0.3, 0.4) is 0 Å². The molecule has 1 aliphatic rings. The molecule has 31 heavy (non-hydrogen) atoms. The minimum absolute atomic E-state index is 0.00892. The Morgan fingerprint density at radius 2 is 1.84 bits per heavy atom. The summed E-state index contributed by atoms with van der Waals surface area (Å²) in [7, 11) is -1.16. The largest absolute Gasteiger partial charge is 0.535 e. The molecular formula is C23H28BNO6. The van der Waals surface area contributed by atoms with Crippen molar-refractivity contribution in [3.05, 3.63) is 64.7 Å². The maximum absolute atomic E-state index is 12.9. The van der Waals surface area contributed by atoms with Crippen molar-refractivity contribution in [1.29, 1.82) is 0 Å². The van der Waals surface area contributed by atoms with E-state index in [1.54, 1.807) is 24.3 Å². The Labute approximate surface area is 182 Å². The van der Waals surface area contributed by atoms with Crippen LogP contribution in [0.15, 0.2) is 42.5 Å². The van der Waals surface area contributed by atoms with E-state index in [4.69, 9.17) is 4.65 Å². The molecule has 0 fully saturated rings. The molecule has 1 atom stereocenters. The van der Waals surface area contributed by atoms with Crippen molar-refractivity contribution in [2.75, 3.05) is 26.3 Å². The van der Waals surface area contributed by atoms with Crippen molar-refractivity contribution in [3.63, 3.8) is 0 Å². The van der Waals surface area contributed by atoms with Crippen LogP contribution in [-0.4, -0.2) is 65.1 Å². The van der Waals surface area contributed by atoms with Crippen molar-refractivity contribution in [2.45, 2.75) is 32.1 Å². The first-order valence-corrected chi connectivity index (χ1v) is 10.5. The van der Waals surface area contributed by atoms with E-state index < -0.39 is 12.9 Å². The van der Waals surface area contributed by atoms with Gasteiger partial charge < -0.3 is 19.9 Å². The van der Waals surface area contributed by atoms with E-state index in [-0.39, 0.29) is 31.2 Å². The molecule has 1 heterocycles. The molecule has 0 aliphatic carbocycles. The van der Waals surface area contributed by atoms with Gasteiger partial charge in [0, 0.05) is 37.4 Å². The maximum Gasteiger partial charge on any atom is 0.526 e. The standard InChI is InChI=1S/C23H28BNO6/c1-16(28)21-7-3-6-19-13-20(24(30)31-23(19)21)14-22(29)18-5-2-4-17(12-18)15-25(8-10-26)9-11-27/h2-7,12,20,26-27,30H,8-11,13-15H2,1H3/t20-/m1/s1. The van der Waals surface area contributed by atoms with Crippen molar-refractivity contribution in [3.8, 4) is 5.75 Å². The van der Waals surface area contributed by atoms with Crippen LogP contribution in [0.2, 0.25) is 5.82 Å². The number of hydrogen-bond acceptors (Lipinski definition) is 7. The molecule has 7 nitrogen and oxygen atoms in total. The quantitative estimate of drug-likeness (QED) is 0.393. The minimum Gasteiger partial charge on any atom is -0.535 e. The first kappa shape index (κ1) is 23.2. The third-order valence-corrected chi connectivity index (χ3v) is 5.54. The molecule has 0 spiro atoms. The van der Waals surface area contributed by atoms with Gasteiger partial charge in [-0.2, -0.15) is 0 Å². The highest BCUT2D eigenvalue weighted by Crippen LogP contribution is 2.36. The molecule has 0 unspecified atom stereocenters. The summed E-state index contributed by atoms with van der Waals surface area (Å²) in [5.74, 6) is -0.240. The SMILES string of the molecule is CC(=O)c1cccc2c1OB(O)[C@@H](CC(=O)c1cccc(CN(CCO)CCO)c1)C2. The first-order chi connectivity index (χ1) is 14.9. The predicted molar refractivity (Wildman–Crippen MR) is 117 cm³/mol. The highest BCUT2D eigenvalue weighted by molar-refractivity contribution is 6.47. The molecule has 2 aromatic carbocycles. The zero-order valence-electron chi connectivity index (χ0n) is 17.7. The molecule has 8 heteroatoms. The number of Topliss-reactive ketones (excluding diaryl/α,β-unsaturated/α-hetero) is 2. The van der Waals surface area contributed by atoms with Crippen LogP contribution in [0.1, 0.15) is 45.2 Å². The number of aliphatic hydroxyl groups excluding tert-OH is 2. The summed E-state index contributed by atoms with van der Waals surface area (Å²) in [5, 5.41) is 28.8. The van der Waals surface area contributed by atoms with Gasteiger partial charge in [0.05, 0.1) is 18.8 Å². The van der Waals surface area contributed by atoms with E-state index in [0.29, 0.717) is 42.9 Å². The van der Waals surface area contributed by atoms with Crippen molar-refractivity contribution >= 4 is 18.7 Å². The van der Waals surface area contributed by atoms with Crippen LogP contribution in [0.25, 0.3) is 0 Å². The molecule has 0 saturated heterocycles. The molecule has 0 aromatic heterocycles. The van der Waals surface area contributed by atoms with Gasteiger partial charge in [0.15, 0.2) is 11.6 Å². The highest BCUT2D eigenvalue weighted by atomic mass is 16.5. The smallest absolute Gasteiger partial charge is 0.526 e. The number of nitrogens with zero attached hydrogens (tertiary/aromatic N) is 1. The lowest BCUT2D eigenvalue weighted by Gasteiger charge is -2.28. The number of aliphatic hydroxyl groups is 2. The molecule has 0 radical (unpaired) electrons. The van der Waals surface area contributed by atoms with Gasteiger partial charge in [-0.3, -0.25) is 14.5 Å². The summed E-state index contributed by atoms with van der Waals surface area (Å²) in [5.41, 5.74) is 2.70. The van der Waals surface area contributed by atoms with Gasteiger partial charge in [-0.1, -0.05) is 30.3 Å². The lowest BCUT2D eigenvalue weighted by Crippen LogP contribution is -2.35. The normalized spacial score (nSPS) is 15.5. The number of benzene rings is 2. The fraction of sp³-hybridized carbons (Fsp3) is 0.391. The van der Waals surface area contributed by atoms with Crippen LogP contribution in [-0.2, 0) is 13.0 Å². The van der Waals surface area contributed by atoms with E-state index in [0.717, 1.165) is 11.1 Å². The Hall–Kier alpha value is -2.52. The monoisotopic (exact) mass is 425 g/mol. The fourth-order valence-corrected chi connectivity index (χ4v) is 3.95. The van der Waals surface area contributed by atoms with E-state index in [1.807, 2.05) is 23.1 Å². The third-order valence-electron chi connectivity index (χ3n) is 5.54. The van der Waals surface area contributed by atoms with E-state index in [9.17, 15) is 24.8 Å². The number of rotatable bonds is 10. The maximum atomic E-state index is 12.9. The van der Waals surface area contributed by atoms with Crippen molar-refractivity contribution in [2.24, 2.45) is 0 Å². The van der Waals surface area contributed by atoms with Crippen LogP contribution >= 0.6 is 0 Å². The van der Waals surface area contributed by atoms with Gasteiger partial charge in [0.25, 0.3) is 0 Å². The van der Waals surface area contributed by atoms with E-state index >= 15 is 0 Å². The van der Waals surface area contributed by atoms with Crippen LogP contribution in [0, 0.1) is 0 Å². The minimum atomic E-state index is -1.16. The molecule has 1 aliphatic heterocycles. The number of carbonyl (C=O) groups is 2. The Morgan fingerprint density at radius 1 is 1.13 bits per heavy atom. The van der Waals surface area contributed by atoms with E-state index in [2.05, 4.69) is 0 Å². The van der Waals surface area contributed by atoms with Crippen molar-refractivity contribution in [1.82, 2.24) is 4.90 Å². The second kappa shape index (κ2) is 10.7. The summed E-state index contributed by atoms with van der Waals surface area (Å²) < 4.78 is 5.63. The summed E-state index contributed by atoms with van der Waals surface area (Å²) in [4.78, 5) is 26.6. The Kier molecular flexibility index (Phi) is 7.98. The van der Waals surface area contributed by atoms with Crippen LogP contribution in [0.5, 0.6) is 5.75 Å². The molecule has 3 rings (SSSR count). The lowest BCUT2D eigenvalue weighted by atomic mass is 9.64. The van der Waals surface area contributed by atoms with Crippen molar-refractivity contribution < 1.29 is 29.5 Å². The zero-order chi connectivity index (χ0) is 22.4. The molecule has 2 aromatic rings. The molecule has 0 saturated carbocycles. The number of ketones is 2. The summed E-state index contributed by atoms with van der Waals surface area (Å²) in [6.45, 7) is 2.82. The highest BCUT2D eigenvalue weighted by Gasteiger charge is 2.37.